The molecule has 0 bridgehead atoms. The van der Waals surface area contributed by atoms with Gasteiger partial charge in [-0.25, -0.2) is 0 Å². The van der Waals surface area contributed by atoms with E-state index in [-0.39, 0.29) is 20.1 Å². The van der Waals surface area contributed by atoms with Gasteiger partial charge in [-0.05, 0) is 52.2 Å². The molecule has 0 aliphatic carbocycles. The summed E-state index contributed by atoms with van der Waals surface area (Å²) in [5, 5.41) is 3.71. The molecule has 0 fully saturated rings. The molecule has 1 unspecified atom stereocenters. The number of nitrogens with zero attached hydrogens (tertiary/aromatic N) is 2. The van der Waals surface area contributed by atoms with Gasteiger partial charge >= 0.3 is 0 Å². The van der Waals surface area contributed by atoms with Gasteiger partial charge in [0.15, 0.2) is 0 Å². The molecular formula is C43H42IrN2OSi-2. The van der Waals surface area contributed by atoms with Gasteiger partial charge in [0.25, 0.3) is 0 Å². The Bertz CT molecular complexity index is 2100. The quantitative estimate of drug-likeness (QED) is 0.119. The van der Waals surface area contributed by atoms with Gasteiger partial charge in [-0.3, -0.25) is 0 Å². The summed E-state index contributed by atoms with van der Waals surface area (Å²) in [6.07, 6.45) is 5.12. The summed E-state index contributed by atoms with van der Waals surface area (Å²) < 4.78 is 5.91. The fourth-order valence-corrected chi connectivity index (χ4v) is 7.69. The van der Waals surface area contributed by atoms with Crippen LogP contribution in [0.1, 0.15) is 43.4 Å². The van der Waals surface area contributed by atoms with E-state index in [1.54, 1.807) is 0 Å². The molecule has 0 aliphatic heterocycles. The van der Waals surface area contributed by atoms with Crippen LogP contribution in [0, 0.1) is 18.1 Å². The topological polar surface area (TPSA) is 38.9 Å². The Balaban J connectivity index is 0.000000193. The molecule has 0 saturated carbocycles. The molecule has 48 heavy (non-hydrogen) atoms. The van der Waals surface area contributed by atoms with Crippen molar-refractivity contribution >= 4 is 35.2 Å². The molecule has 1 radical (unpaired) electrons. The number of benzene rings is 4. The van der Waals surface area contributed by atoms with Gasteiger partial charge in [0.2, 0.25) is 0 Å². The number of aromatic nitrogens is 2. The third-order valence-corrected chi connectivity index (χ3v) is 10.6. The number of hydrogen-bond acceptors (Lipinski definition) is 3. The van der Waals surface area contributed by atoms with Gasteiger partial charge in [-0.2, -0.15) is 0 Å². The second kappa shape index (κ2) is 15.4. The monoisotopic (exact) mass is 823 g/mol. The molecule has 245 valence electrons. The number of para-hydroxylation sites is 1. The van der Waals surface area contributed by atoms with Gasteiger partial charge in [0, 0.05) is 43.8 Å². The summed E-state index contributed by atoms with van der Waals surface area (Å²) in [6, 6.07) is 43.9. The van der Waals surface area contributed by atoms with Crippen LogP contribution in [0.25, 0.3) is 44.5 Å². The molecule has 1 atom stereocenters. The zero-order valence-corrected chi connectivity index (χ0v) is 31.9. The molecule has 7 aromatic rings. The first-order valence-electron chi connectivity index (χ1n) is 16.5. The normalized spacial score (nSPS) is 12.0. The van der Waals surface area contributed by atoms with Gasteiger partial charge < -0.3 is 14.4 Å². The fourth-order valence-electron chi connectivity index (χ4n) is 6.10. The van der Waals surface area contributed by atoms with Crippen molar-refractivity contribution in [1.82, 2.24) is 9.97 Å². The van der Waals surface area contributed by atoms with E-state index in [9.17, 15) is 0 Å². The number of hydrogen-bond donors (Lipinski definition) is 0. The van der Waals surface area contributed by atoms with Crippen molar-refractivity contribution in [2.24, 2.45) is 5.92 Å². The summed E-state index contributed by atoms with van der Waals surface area (Å²) in [6.45, 7) is 14.0. The SMILES string of the molecule is CC(C)Cc1cc(-c2[c-]cccc2)ncc1[Si](C)(C)C.CC(c1ccccc1)c1ccnc(-c2[c-]cc3oc4ccccc4c3c2)c1.[Ir]. The molecule has 3 aromatic heterocycles. The summed E-state index contributed by atoms with van der Waals surface area (Å²) in [7, 11) is -1.34. The van der Waals surface area contributed by atoms with Crippen molar-refractivity contribution < 1.29 is 24.5 Å². The molecule has 7 rings (SSSR count). The second-order valence-corrected chi connectivity index (χ2v) is 18.7. The molecule has 0 amide bonds. The van der Waals surface area contributed by atoms with Crippen molar-refractivity contribution in [2.45, 2.75) is 52.8 Å². The van der Waals surface area contributed by atoms with E-state index >= 15 is 0 Å². The Hall–Kier alpha value is -4.15. The number of furan rings is 1. The zero-order valence-electron chi connectivity index (χ0n) is 28.5. The van der Waals surface area contributed by atoms with Crippen LogP contribution in [-0.2, 0) is 26.5 Å². The molecule has 0 saturated heterocycles. The van der Waals surface area contributed by atoms with E-state index in [2.05, 4.69) is 129 Å². The standard InChI is InChI=1S/C25H18NO.C18H24NSi.Ir/c1-17(18-7-3-2-4-8-18)19-13-14-26-23(16-19)20-11-12-25-22(15-20)21-9-5-6-10-24(21)27-25;1-14(2)11-16-12-17(15-9-7-6-8-10-15)19-13-18(16)20(3,4)5;/h2-10,12-17H,1H3;6-9,12-14H,11H2,1-5H3;/q2*-1;. The average Bonchev–Trinajstić information content (AvgIpc) is 3.46. The number of fused-ring (bicyclic) bond motifs is 3. The smallest absolute Gasteiger partial charge is 0.120 e. The van der Waals surface area contributed by atoms with Crippen LogP contribution < -0.4 is 5.19 Å². The molecule has 0 spiro atoms. The number of rotatable bonds is 7. The predicted octanol–water partition coefficient (Wildman–Crippen LogP) is 10.9. The minimum atomic E-state index is -1.34. The van der Waals surface area contributed by atoms with Crippen molar-refractivity contribution in [3.8, 4) is 22.5 Å². The van der Waals surface area contributed by atoms with Gasteiger partial charge in [0.1, 0.15) is 5.58 Å². The van der Waals surface area contributed by atoms with Crippen molar-refractivity contribution in [3.05, 3.63) is 150 Å². The van der Waals surface area contributed by atoms with Crippen LogP contribution in [-0.4, -0.2) is 18.0 Å². The van der Waals surface area contributed by atoms with E-state index < -0.39 is 8.07 Å². The van der Waals surface area contributed by atoms with Crippen LogP contribution in [0.3, 0.4) is 0 Å². The molecular weight excluding hydrogens is 781 g/mol. The molecule has 0 aliphatic rings. The van der Waals surface area contributed by atoms with Crippen LogP contribution in [0.2, 0.25) is 19.6 Å². The van der Waals surface area contributed by atoms with E-state index in [4.69, 9.17) is 4.42 Å². The maximum absolute atomic E-state index is 5.91. The van der Waals surface area contributed by atoms with Crippen LogP contribution in [0.15, 0.2) is 126 Å². The Morgan fingerprint density at radius 3 is 2.15 bits per heavy atom. The predicted molar refractivity (Wildman–Crippen MR) is 200 cm³/mol. The van der Waals surface area contributed by atoms with Crippen molar-refractivity contribution in [1.29, 1.82) is 0 Å². The Morgan fingerprint density at radius 2 is 1.42 bits per heavy atom. The van der Waals surface area contributed by atoms with Gasteiger partial charge in [-0.15, -0.1) is 59.7 Å². The number of pyridine rings is 2. The fraction of sp³-hybridized carbons (Fsp3) is 0.209. The Labute approximate surface area is 299 Å². The maximum atomic E-state index is 5.91. The van der Waals surface area contributed by atoms with Crippen LogP contribution in [0.4, 0.5) is 0 Å². The summed E-state index contributed by atoms with van der Waals surface area (Å²) >= 11 is 0. The first kappa shape index (κ1) is 35.2. The van der Waals surface area contributed by atoms with E-state index in [1.807, 2.05) is 54.7 Å². The summed E-state index contributed by atoms with van der Waals surface area (Å²) in [4.78, 5) is 9.28. The van der Waals surface area contributed by atoms with Crippen molar-refractivity contribution in [3.63, 3.8) is 0 Å². The third-order valence-electron chi connectivity index (χ3n) is 8.58. The minimum absolute atomic E-state index is 0. The first-order valence-corrected chi connectivity index (χ1v) is 20.0. The molecule has 3 nitrogen and oxygen atoms in total. The van der Waals surface area contributed by atoms with Gasteiger partial charge in [-0.1, -0.05) is 112 Å². The summed E-state index contributed by atoms with van der Waals surface area (Å²) in [5.74, 6) is 0.978. The van der Waals surface area contributed by atoms with Crippen LogP contribution >= 0.6 is 0 Å². The van der Waals surface area contributed by atoms with Crippen molar-refractivity contribution in [2.75, 3.05) is 0 Å². The van der Waals surface area contributed by atoms with Gasteiger partial charge in [0.05, 0.1) is 13.7 Å². The zero-order chi connectivity index (χ0) is 33.0. The first-order chi connectivity index (χ1) is 22.7. The largest absolute Gasteiger partial charge is 0.500 e. The van der Waals surface area contributed by atoms with E-state index in [0.29, 0.717) is 11.8 Å². The van der Waals surface area contributed by atoms with E-state index in [0.717, 1.165) is 50.9 Å². The molecule has 4 aromatic carbocycles. The average molecular weight is 823 g/mol. The Kier molecular flexibility index (Phi) is 11.3. The van der Waals surface area contributed by atoms with E-state index in [1.165, 1.54) is 21.9 Å². The summed E-state index contributed by atoms with van der Waals surface area (Å²) in [5.41, 5.74) is 9.82. The third kappa shape index (κ3) is 8.10. The minimum Gasteiger partial charge on any atom is -0.500 e. The maximum Gasteiger partial charge on any atom is 0.120 e. The molecule has 3 heterocycles. The molecule has 5 heteroatoms. The Morgan fingerprint density at radius 1 is 0.688 bits per heavy atom. The molecule has 0 N–H and O–H groups in total. The van der Waals surface area contributed by atoms with Crippen LogP contribution in [0.5, 0.6) is 0 Å². The second-order valence-electron chi connectivity index (χ2n) is 13.7.